The van der Waals surface area contributed by atoms with Crippen molar-refractivity contribution in [3.63, 3.8) is 0 Å². The molecule has 0 spiro atoms. The molecule has 0 bridgehead atoms. The lowest BCUT2D eigenvalue weighted by Crippen LogP contribution is -2.40. The molecule has 2 aromatic carbocycles. The Morgan fingerprint density at radius 1 is 1.07 bits per heavy atom. The summed E-state index contributed by atoms with van der Waals surface area (Å²) in [5, 5.41) is 24.0. The zero-order valence-corrected chi connectivity index (χ0v) is 27.5. The monoisotopic (exact) mass is 720 g/mol. The molecule has 0 fully saturated rings. The number of anilines is 2. The van der Waals surface area contributed by atoms with Crippen LogP contribution >= 0.6 is 39.1 Å². The lowest BCUT2D eigenvalue weighted by atomic mass is 10.1. The van der Waals surface area contributed by atoms with Gasteiger partial charge in [0, 0.05) is 52.6 Å². The molecule has 4 rings (SSSR count). The summed E-state index contributed by atoms with van der Waals surface area (Å²) in [7, 11) is 1.51. The maximum atomic E-state index is 13.1. The summed E-state index contributed by atoms with van der Waals surface area (Å²) in [4.78, 5) is 45.6. The molecule has 2 heterocycles. The molecule has 12 nitrogen and oxygen atoms in total. The number of carbonyl (C=O) groups is 3. The van der Waals surface area contributed by atoms with Gasteiger partial charge in [-0.2, -0.15) is 0 Å². The second-order valence-electron chi connectivity index (χ2n) is 9.78. The molecule has 4 aromatic rings. The summed E-state index contributed by atoms with van der Waals surface area (Å²) < 4.78 is 8.34. The van der Waals surface area contributed by atoms with E-state index in [0.29, 0.717) is 38.0 Å². The standard InChI is InChI=1S/C30H31BrCl2N6O6/c1-18-29(39-9-4-3-8-24(39)35-18)45-17-21-23(32)15-22(31)27(26(21)33)37(2)25(42)16-34-30(44)36-20-7-5-6-19(14-20)28(43)38(10-12-40)11-13-41/h3-9,14-15,40-41H,10-13,16-17H2,1-2H3,(H2,34,36,44). The first-order chi connectivity index (χ1) is 21.5. The molecule has 0 atom stereocenters. The minimum absolute atomic E-state index is 0.00346. The largest absolute Gasteiger partial charge is 0.472 e. The summed E-state index contributed by atoms with van der Waals surface area (Å²) in [5.74, 6) is -0.362. The number of pyridine rings is 1. The van der Waals surface area contributed by atoms with Gasteiger partial charge in [0.15, 0.2) is 0 Å². The van der Waals surface area contributed by atoms with Crippen molar-refractivity contribution in [2.75, 3.05) is 50.1 Å². The van der Waals surface area contributed by atoms with E-state index in [1.165, 1.54) is 22.9 Å². The lowest BCUT2D eigenvalue weighted by molar-refractivity contribution is -0.117. The van der Waals surface area contributed by atoms with Crippen LogP contribution in [0.2, 0.25) is 10.0 Å². The number of aromatic nitrogens is 2. The van der Waals surface area contributed by atoms with Gasteiger partial charge in [0.2, 0.25) is 11.8 Å². The third-order valence-corrected chi connectivity index (χ3v) is 8.10. The highest BCUT2D eigenvalue weighted by Crippen LogP contribution is 2.40. The number of rotatable bonds is 12. The first kappa shape index (κ1) is 34.0. The smallest absolute Gasteiger partial charge is 0.319 e. The Bertz CT molecular complexity index is 1710. The van der Waals surface area contributed by atoms with E-state index >= 15 is 0 Å². The maximum Gasteiger partial charge on any atom is 0.319 e. The topological polar surface area (TPSA) is 149 Å². The Labute approximate surface area is 277 Å². The highest BCUT2D eigenvalue weighted by molar-refractivity contribution is 9.10. The molecule has 4 N–H and O–H groups in total. The zero-order valence-electron chi connectivity index (χ0n) is 24.4. The number of aliphatic hydroxyl groups excluding tert-OH is 2. The van der Waals surface area contributed by atoms with Crippen LogP contribution in [0.15, 0.2) is 59.2 Å². The summed E-state index contributed by atoms with van der Waals surface area (Å²) >= 11 is 16.7. The average Bonchev–Trinajstić information content (AvgIpc) is 3.33. The van der Waals surface area contributed by atoms with Crippen LogP contribution in [0.5, 0.6) is 5.88 Å². The predicted molar refractivity (Wildman–Crippen MR) is 175 cm³/mol. The van der Waals surface area contributed by atoms with E-state index in [0.717, 1.165) is 5.65 Å². The number of likely N-dealkylation sites (N-methyl/N-ethyl adjacent to an activating group) is 1. The van der Waals surface area contributed by atoms with Gasteiger partial charge in [-0.3, -0.25) is 14.0 Å². The van der Waals surface area contributed by atoms with Gasteiger partial charge in [0.25, 0.3) is 5.91 Å². The van der Waals surface area contributed by atoms with Crippen LogP contribution in [0.3, 0.4) is 0 Å². The van der Waals surface area contributed by atoms with E-state index in [9.17, 15) is 24.6 Å². The van der Waals surface area contributed by atoms with Gasteiger partial charge in [-0.15, -0.1) is 0 Å². The number of nitrogens with one attached hydrogen (secondary N) is 2. The normalized spacial score (nSPS) is 10.9. The third-order valence-electron chi connectivity index (χ3n) is 6.75. The van der Waals surface area contributed by atoms with Crippen molar-refractivity contribution in [1.82, 2.24) is 19.6 Å². The minimum Gasteiger partial charge on any atom is -0.472 e. The Morgan fingerprint density at radius 2 is 1.80 bits per heavy atom. The van der Waals surface area contributed by atoms with Crippen molar-refractivity contribution in [2.24, 2.45) is 0 Å². The lowest BCUT2D eigenvalue weighted by Gasteiger charge is -2.23. The second-order valence-corrected chi connectivity index (χ2v) is 11.4. The highest BCUT2D eigenvalue weighted by Gasteiger charge is 2.23. The SMILES string of the molecule is Cc1nc2ccccn2c1OCc1c(Cl)cc(Br)c(N(C)C(=O)CNC(=O)Nc2cccc(C(=O)N(CCO)CCO)c2)c1Cl. The van der Waals surface area contributed by atoms with Crippen LogP contribution in [-0.4, -0.2) is 82.2 Å². The molecular formula is C30H31BrCl2N6O6. The molecule has 15 heteroatoms. The number of hydrogen-bond donors (Lipinski definition) is 4. The number of aryl methyl sites for hydroxylation is 1. The Kier molecular flexibility index (Phi) is 11.6. The van der Waals surface area contributed by atoms with Crippen LogP contribution < -0.4 is 20.3 Å². The fraction of sp³-hybridized carbons (Fsp3) is 0.267. The summed E-state index contributed by atoms with van der Waals surface area (Å²) in [5.41, 5.74) is 2.77. The van der Waals surface area contributed by atoms with Gasteiger partial charge in [-0.1, -0.05) is 35.3 Å². The number of fused-ring (bicyclic) bond motifs is 1. The van der Waals surface area contributed by atoms with Crippen molar-refractivity contribution in [3.8, 4) is 5.88 Å². The molecule has 0 aliphatic rings. The van der Waals surface area contributed by atoms with E-state index in [1.807, 2.05) is 31.3 Å². The summed E-state index contributed by atoms with van der Waals surface area (Å²) in [6, 6.07) is 12.7. The number of ether oxygens (including phenoxy) is 1. The van der Waals surface area contributed by atoms with Crippen molar-refractivity contribution in [2.45, 2.75) is 13.5 Å². The third kappa shape index (κ3) is 8.05. The number of hydrogen-bond acceptors (Lipinski definition) is 7. The Balaban J connectivity index is 1.41. The fourth-order valence-corrected chi connectivity index (χ4v) is 6.14. The summed E-state index contributed by atoms with van der Waals surface area (Å²) in [6.07, 6.45) is 1.83. The maximum absolute atomic E-state index is 13.1. The summed E-state index contributed by atoms with van der Waals surface area (Å²) in [6.45, 7) is 1.04. The van der Waals surface area contributed by atoms with Gasteiger partial charge < -0.3 is 35.4 Å². The van der Waals surface area contributed by atoms with Gasteiger partial charge in [-0.05, 0) is 59.3 Å². The fourth-order valence-electron chi connectivity index (χ4n) is 4.51. The van der Waals surface area contributed by atoms with E-state index in [-0.39, 0.29) is 50.0 Å². The van der Waals surface area contributed by atoms with Crippen LogP contribution in [0.4, 0.5) is 16.2 Å². The van der Waals surface area contributed by atoms with E-state index in [1.54, 1.807) is 28.7 Å². The number of imidazole rings is 1. The van der Waals surface area contributed by atoms with Crippen molar-refractivity contribution in [1.29, 1.82) is 0 Å². The highest BCUT2D eigenvalue weighted by atomic mass is 79.9. The number of aliphatic hydroxyl groups is 2. The molecule has 0 radical (unpaired) electrons. The van der Waals surface area contributed by atoms with E-state index < -0.39 is 17.8 Å². The second kappa shape index (κ2) is 15.4. The average molecular weight is 722 g/mol. The van der Waals surface area contributed by atoms with Crippen molar-refractivity contribution in [3.05, 3.63) is 86.1 Å². The number of nitrogens with zero attached hydrogens (tertiary/aromatic N) is 4. The van der Waals surface area contributed by atoms with Crippen LogP contribution in [-0.2, 0) is 11.4 Å². The zero-order chi connectivity index (χ0) is 32.7. The minimum atomic E-state index is -0.678. The predicted octanol–water partition coefficient (Wildman–Crippen LogP) is 4.50. The van der Waals surface area contributed by atoms with Crippen molar-refractivity contribution < 1.29 is 29.3 Å². The molecule has 0 saturated heterocycles. The number of carbonyl (C=O) groups excluding carboxylic acids is 3. The number of benzene rings is 2. The van der Waals surface area contributed by atoms with Crippen LogP contribution in [0.1, 0.15) is 21.6 Å². The van der Waals surface area contributed by atoms with E-state index in [2.05, 4.69) is 31.5 Å². The molecule has 45 heavy (non-hydrogen) atoms. The Morgan fingerprint density at radius 3 is 2.51 bits per heavy atom. The molecule has 0 unspecified atom stereocenters. The van der Waals surface area contributed by atoms with Gasteiger partial charge in [0.1, 0.15) is 17.9 Å². The molecule has 0 aliphatic carbocycles. The first-order valence-corrected chi connectivity index (χ1v) is 15.3. The van der Waals surface area contributed by atoms with E-state index in [4.69, 9.17) is 27.9 Å². The molecule has 0 aliphatic heterocycles. The van der Waals surface area contributed by atoms with Crippen LogP contribution in [0, 0.1) is 6.92 Å². The van der Waals surface area contributed by atoms with Gasteiger partial charge in [-0.25, -0.2) is 9.78 Å². The van der Waals surface area contributed by atoms with Crippen LogP contribution in [0.25, 0.3) is 5.65 Å². The molecule has 0 saturated carbocycles. The Hall–Kier alpha value is -3.88. The van der Waals surface area contributed by atoms with Gasteiger partial charge in [0.05, 0.1) is 30.5 Å². The quantitative estimate of drug-likeness (QED) is 0.168. The van der Waals surface area contributed by atoms with Crippen molar-refractivity contribution >= 4 is 74.0 Å². The molecule has 4 amide bonds. The molecular weight excluding hydrogens is 691 g/mol. The number of halogens is 3. The number of urea groups is 1. The van der Waals surface area contributed by atoms with Gasteiger partial charge >= 0.3 is 6.03 Å². The number of amides is 4. The first-order valence-electron chi connectivity index (χ1n) is 13.7. The molecule has 238 valence electrons. The molecule has 2 aromatic heterocycles.